The van der Waals surface area contributed by atoms with E-state index in [1.54, 1.807) is 0 Å². The predicted octanol–water partition coefficient (Wildman–Crippen LogP) is 0.0181. The Morgan fingerprint density at radius 2 is 2.00 bits per heavy atom. The summed E-state index contributed by atoms with van der Waals surface area (Å²) in [5, 5.41) is 32.1. The topological polar surface area (TPSA) is 91.5 Å². The van der Waals surface area contributed by atoms with Crippen molar-refractivity contribution < 1.29 is 24.9 Å². The van der Waals surface area contributed by atoms with Crippen molar-refractivity contribution in [2.45, 2.75) is 37.6 Å². The number of benzene rings is 1. The zero-order chi connectivity index (χ0) is 13.7. The summed E-state index contributed by atoms with van der Waals surface area (Å²) in [6, 6.07) is 9.48. The molecule has 1 aliphatic heterocycles. The molecule has 0 aromatic heterocycles. The Labute approximate surface area is 110 Å². The van der Waals surface area contributed by atoms with Gasteiger partial charge in [0.25, 0.3) is 0 Å². The molecule has 1 saturated heterocycles. The lowest BCUT2D eigenvalue weighted by atomic mass is 10.0. The lowest BCUT2D eigenvalue weighted by Crippen LogP contribution is -2.48. The van der Waals surface area contributed by atoms with Crippen LogP contribution in [0.2, 0.25) is 0 Å². The van der Waals surface area contributed by atoms with E-state index in [9.17, 15) is 15.3 Å². The molecule has 4 atom stereocenters. The molecule has 104 valence electrons. The molecule has 0 saturated carbocycles. The van der Waals surface area contributed by atoms with Crippen molar-refractivity contribution in [2.75, 3.05) is 0 Å². The van der Waals surface area contributed by atoms with Gasteiger partial charge in [0.1, 0.15) is 18.8 Å². The molecule has 1 heterocycles. The summed E-state index contributed by atoms with van der Waals surface area (Å²) < 4.78 is 5.04. The van der Waals surface area contributed by atoms with Crippen molar-refractivity contribution in [3.63, 3.8) is 0 Å². The molecule has 2 rings (SSSR count). The third-order valence-corrected chi connectivity index (χ3v) is 2.84. The van der Waals surface area contributed by atoms with Crippen LogP contribution < -0.4 is 0 Å². The Bertz CT molecular complexity index is 411. The number of oxime groups is 1. The molecule has 19 heavy (non-hydrogen) atoms. The van der Waals surface area contributed by atoms with Crippen LogP contribution in [0.15, 0.2) is 35.5 Å². The van der Waals surface area contributed by atoms with E-state index in [4.69, 9.17) is 9.57 Å². The Morgan fingerprint density at radius 1 is 1.26 bits per heavy atom. The van der Waals surface area contributed by atoms with E-state index in [1.165, 1.54) is 6.21 Å². The lowest BCUT2D eigenvalue weighted by Gasteiger charge is -2.32. The highest BCUT2D eigenvalue weighted by atomic mass is 16.6. The summed E-state index contributed by atoms with van der Waals surface area (Å²) in [6.45, 7) is 0.297. The maximum absolute atomic E-state index is 9.64. The van der Waals surface area contributed by atoms with Gasteiger partial charge in [-0.05, 0) is 5.56 Å². The molecule has 0 radical (unpaired) electrons. The first-order valence-corrected chi connectivity index (χ1v) is 6.06. The Hall–Kier alpha value is -1.47. The summed E-state index contributed by atoms with van der Waals surface area (Å²) in [5.74, 6) is 0. The number of rotatable bonds is 4. The summed E-state index contributed by atoms with van der Waals surface area (Å²) in [5.41, 5.74) is 0.963. The Kier molecular flexibility index (Phi) is 4.86. The van der Waals surface area contributed by atoms with Gasteiger partial charge in [0.15, 0.2) is 6.29 Å². The van der Waals surface area contributed by atoms with Gasteiger partial charge >= 0.3 is 0 Å². The fraction of sp³-hybridized carbons (Fsp3) is 0.462. The summed E-state index contributed by atoms with van der Waals surface area (Å²) in [6.07, 6.45) is -2.92. The van der Waals surface area contributed by atoms with Crippen molar-refractivity contribution >= 4 is 6.21 Å². The normalized spacial score (nSPS) is 31.5. The van der Waals surface area contributed by atoms with Crippen molar-refractivity contribution in [2.24, 2.45) is 5.16 Å². The highest BCUT2D eigenvalue weighted by Crippen LogP contribution is 2.17. The van der Waals surface area contributed by atoms with E-state index in [2.05, 4.69) is 5.16 Å². The predicted molar refractivity (Wildman–Crippen MR) is 67.2 cm³/mol. The van der Waals surface area contributed by atoms with Gasteiger partial charge in [0.05, 0.1) is 12.3 Å². The zero-order valence-electron chi connectivity index (χ0n) is 10.3. The first-order chi connectivity index (χ1) is 9.16. The van der Waals surface area contributed by atoms with Gasteiger partial charge in [-0.25, -0.2) is 0 Å². The largest absolute Gasteiger partial charge is 0.391 e. The van der Waals surface area contributed by atoms with Crippen molar-refractivity contribution in [1.29, 1.82) is 0 Å². The molecule has 0 bridgehead atoms. The van der Waals surface area contributed by atoms with Crippen LogP contribution in [0.1, 0.15) is 12.0 Å². The molecule has 0 amide bonds. The highest BCUT2D eigenvalue weighted by Gasteiger charge is 2.35. The van der Waals surface area contributed by atoms with E-state index in [0.29, 0.717) is 6.61 Å². The second-order valence-electron chi connectivity index (χ2n) is 4.36. The lowest BCUT2D eigenvalue weighted by molar-refractivity contribution is -0.211. The number of ether oxygens (including phenoxy) is 1. The van der Waals surface area contributed by atoms with Crippen LogP contribution in [-0.2, 0) is 16.2 Å². The quantitative estimate of drug-likeness (QED) is 0.528. The first-order valence-electron chi connectivity index (χ1n) is 6.06. The van der Waals surface area contributed by atoms with Crippen LogP contribution in [0.3, 0.4) is 0 Å². The fourth-order valence-electron chi connectivity index (χ4n) is 1.79. The molecule has 1 fully saturated rings. The summed E-state index contributed by atoms with van der Waals surface area (Å²) >= 11 is 0. The molecule has 1 aliphatic rings. The number of hydrogen-bond acceptors (Lipinski definition) is 6. The van der Waals surface area contributed by atoms with Crippen molar-refractivity contribution in [1.82, 2.24) is 0 Å². The molecular weight excluding hydrogens is 250 g/mol. The van der Waals surface area contributed by atoms with Gasteiger partial charge in [-0.1, -0.05) is 35.5 Å². The minimum atomic E-state index is -1.12. The highest BCUT2D eigenvalue weighted by molar-refractivity contribution is 5.63. The molecule has 6 heteroatoms. The van der Waals surface area contributed by atoms with Crippen LogP contribution in [-0.4, -0.2) is 46.1 Å². The minimum Gasteiger partial charge on any atom is -0.391 e. The molecule has 1 aromatic rings. The van der Waals surface area contributed by atoms with E-state index < -0.39 is 24.6 Å². The molecule has 3 N–H and O–H groups in total. The van der Waals surface area contributed by atoms with E-state index in [1.807, 2.05) is 30.3 Å². The standard InChI is InChI=1S/C13H17NO5/c15-10-6-12(16)19-11(13(10)17)7-14-18-8-9-4-2-1-3-5-9/h1-5,7,10-13,15-17H,6,8H2/b14-7+. The van der Waals surface area contributed by atoms with Crippen LogP contribution >= 0.6 is 0 Å². The van der Waals surface area contributed by atoms with Gasteiger partial charge in [0, 0.05) is 6.42 Å². The zero-order valence-corrected chi connectivity index (χ0v) is 10.3. The number of hydrogen-bond donors (Lipinski definition) is 3. The summed E-state index contributed by atoms with van der Waals surface area (Å²) in [7, 11) is 0. The minimum absolute atomic E-state index is 0.0175. The van der Waals surface area contributed by atoms with Gasteiger partial charge in [0.2, 0.25) is 0 Å². The SMILES string of the molecule is OC1CC(O)C(O)C(/C=N/OCc2ccccc2)O1. The molecule has 6 nitrogen and oxygen atoms in total. The second kappa shape index (κ2) is 6.63. The van der Waals surface area contributed by atoms with Gasteiger partial charge < -0.3 is 24.9 Å². The average Bonchev–Trinajstić information content (AvgIpc) is 2.41. The van der Waals surface area contributed by atoms with Gasteiger partial charge in [-0.2, -0.15) is 0 Å². The maximum atomic E-state index is 9.64. The first kappa shape index (κ1) is 14.0. The third-order valence-electron chi connectivity index (χ3n) is 2.84. The van der Waals surface area contributed by atoms with Crippen LogP contribution in [0.5, 0.6) is 0 Å². The number of aliphatic hydroxyl groups excluding tert-OH is 3. The van der Waals surface area contributed by atoms with Crippen molar-refractivity contribution in [3.05, 3.63) is 35.9 Å². The van der Waals surface area contributed by atoms with Crippen LogP contribution in [0.4, 0.5) is 0 Å². The van der Waals surface area contributed by atoms with Gasteiger partial charge in [-0.3, -0.25) is 0 Å². The molecule has 1 aromatic carbocycles. The number of aliphatic hydroxyl groups is 3. The maximum Gasteiger partial charge on any atom is 0.158 e. The van der Waals surface area contributed by atoms with Crippen LogP contribution in [0, 0.1) is 0 Å². The second-order valence-corrected chi connectivity index (χ2v) is 4.36. The van der Waals surface area contributed by atoms with Crippen LogP contribution in [0.25, 0.3) is 0 Å². The van der Waals surface area contributed by atoms with E-state index >= 15 is 0 Å². The smallest absolute Gasteiger partial charge is 0.158 e. The Morgan fingerprint density at radius 3 is 2.74 bits per heavy atom. The monoisotopic (exact) mass is 267 g/mol. The third kappa shape index (κ3) is 4.00. The Balaban J connectivity index is 1.81. The molecule has 4 unspecified atom stereocenters. The van der Waals surface area contributed by atoms with Gasteiger partial charge in [-0.15, -0.1) is 0 Å². The average molecular weight is 267 g/mol. The number of nitrogens with zero attached hydrogens (tertiary/aromatic N) is 1. The molecular formula is C13H17NO5. The van der Waals surface area contributed by atoms with Crippen molar-refractivity contribution in [3.8, 4) is 0 Å². The fourth-order valence-corrected chi connectivity index (χ4v) is 1.79. The molecule has 0 spiro atoms. The summed E-state index contributed by atoms with van der Waals surface area (Å²) in [4.78, 5) is 5.06. The van der Waals surface area contributed by atoms with E-state index in [0.717, 1.165) is 5.56 Å². The molecule has 0 aliphatic carbocycles. The van der Waals surface area contributed by atoms with E-state index in [-0.39, 0.29) is 6.42 Å².